The van der Waals surface area contributed by atoms with Gasteiger partial charge in [0.25, 0.3) is 0 Å². The number of aliphatic hydroxyl groups excluding tert-OH is 2. The molecule has 0 saturated carbocycles. The lowest BCUT2D eigenvalue weighted by atomic mass is 10.2. The number of nitrogen functional groups attached to an aromatic ring is 1. The summed E-state index contributed by atoms with van der Waals surface area (Å²) in [4.78, 5) is 12.2. The lowest BCUT2D eigenvalue weighted by Crippen LogP contribution is -2.15. The molecule has 0 aliphatic carbocycles. The zero-order valence-corrected chi connectivity index (χ0v) is 10.2. The van der Waals surface area contributed by atoms with Crippen LogP contribution < -0.4 is 5.73 Å². The molecule has 0 heterocycles. The largest absolute Gasteiger partial charge is 0.465 e. The van der Waals surface area contributed by atoms with Crippen LogP contribution in [0.2, 0.25) is 0 Å². The lowest BCUT2D eigenvalue weighted by Gasteiger charge is -2.10. The average Bonchev–Trinajstić information content (AvgIpc) is 2.35. The van der Waals surface area contributed by atoms with E-state index in [0.717, 1.165) is 0 Å². The molecule has 0 bridgehead atoms. The van der Waals surface area contributed by atoms with Gasteiger partial charge in [0.2, 0.25) is 0 Å². The van der Waals surface area contributed by atoms with Crippen LogP contribution in [0.25, 0.3) is 0 Å². The Bertz CT molecular complexity index is 397. The van der Waals surface area contributed by atoms with E-state index in [1.165, 1.54) is 24.9 Å². The minimum absolute atomic E-state index is 0.296. The van der Waals surface area contributed by atoms with Gasteiger partial charge in [-0.1, -0.05) is 0 Å². The quantitative estimate of drug-likeness (QED) is 0.404. The number of methoxy groups -OCH3 is 1. The number of rotatable bonds is 5. The number of thioether (sulfide) groups is 1. The number of hydrogen-bond acceptors (Lipinski definition) is 6. The van der Waals surface area contributed by atoms with Crippen LogP contribution in [0, 0.1) is 0 Å². The molecule has 1 aromatic carbocycles. The molecule has 0 fully saturated rings. The molecule has 0 aromatic heterocycles. The molecule has 94 valence electrons. The van der Waals surface area contributed by atoms with Gasteiger partial charge in [-0.25, -0.2) is 4.79 Å². The first kappa shape index (κ1) is 13.8. The molecule has 1 rings (SSSR count). The highest BCUT2D eigenvalue weighted by Gasteiger charge is 2.14. The highest BCUT2D eigenvalue weighted by Crippen LogP contribution is 2.26. The number of benzene rings is 1. The van der Waals surface area contributed by atoms with Crippen molar-refractivity contribution in [2.45, 2.75) is 11.0 Å². The number of aliphatic hydroxyl groups is 2. The first-order valence-electron chi connectivity index (χ1n) is 4.98. The molecule has 1 unspecified atom stereocenters. The molecule has 6 heteroatoms. The minimum Gasteiger partial charge on any atom is -0.465 e. The number of esters is 1. The lowest BCUT2D eigenvalue weighted by molar-refractivity contribution is 0.0596. The fourth-order valence-corrected chi connectivity index (χ4v) is 2.12. The van der Waals surface area contributed by atoms with E-state index >= 15 is 0 Å². The van der Waals surface area contributed by atoms with Gasteiger partial charge in [-0.2, -0.15) is 0 Å². The van der Waals surface area contributed by atoms with Gasteiger partial charge in [-0.05, 0) is 18.2 Å². The van der Waals surface area contributed by atoms with Crippen LogP contribution in [0.3, 0.4) is 0 Å². The zero-order valence-electron chi connectivity index (χ0n) is 9.42. The first-order chi connectivity index (χ1) is 8.08. The Morgan fingerprint density at radius 3 is 2.88 bits per heavy atom. The second-order valence-corrected chi connectivity index (χ2v) is 4.46. The smallest absolute Gasteiger partial charge is 0.339 e. The maximum Gasteiger partial charge on any atom is 0.339 e. The predicted octanol–water partition coefficient (Wildman–Crippen LogP) is 0.501. The van der Waals surface area contributed by atoms with Crippen molar-refractivity contribution in [1.82, 2.24) is 0 Å². The molecule has 0 aliphatic heterocycles. The van der Waals surface area contributed by atoms with Crippen molar-refractivity contribution in [2.75, 3.05) is 25.2 Å². The molecular formula is C11H15NO4S. The van der Waals surface area contributed by atoms with Gasteiger partial charge in [0, 0.05) is 16.3 Å². The van der Waals surface area contributed by atoms with Crippen LogP contribution in [-0.2, 0) is 4.74 Å². The second kappa shape index (κ2) is 6.48. The summed E-state index contributed by atoms with van der Waals surface area (Å²) in [6.07, 6.45) is -0.817. The summed E-state index contributed by atoms with van der Waals surface area (Å²) in [5.74, 6) is -0.178. The van der Waals surface area contributed by atoms with Crippen LogP contribution in [0.1, 0.15) is 10.4 Å². The van der Waals surface area contributed by atoms with E-state index in [-0.39, 0.29) is 6.61 Å². The standard InChI is InChI=1S/C11H15NO4S/c1-16-11(15)9-4-7(12)2-3-10(9)17-6-8(14)5-13/h2-4,8,13-14H,5-6,12H2,1H3. The first-order valence-corrected chi connectivity index (χ1v) is 5.96. The third-order valence-electron chi connectivity index (χ3n) is 2.05. The Kier molecular flexibility index (Phi) is 5.27. The average molecular weight is 257 g/mol. The van der Waals surface area contributed by atoms with Gasteiger partial charge >= 0.3 is 5.97 Å². The van der Waals surface area contributed by atoms with Crippen LogP contribution in [-0.4, -0.2) is 41.8 Å². The molecule has 0 amide bonds. The van der Waals surface area contributed by atoms with Gasteiger partial charge in [0.1, 0.15) is 0 Å². The van der Waals surface area contributed by atoms with E-state index in [1.54, 1.807) is 12.1 Å². The van der Waals surface area contributed by atoms with Crippen molar-refractivity contribution in [3.63, 3.8) is 0 Å². The van der Waals surface area contributed by atoms with Crippen molar-refractivity contribution < 1.29 is 19.7 Å². The van der Waals surface area contributed by atoms with Gasteiger partial charge in [0.15, 0.2) is 0 Å². The fraction of sp³-hybridized carbons (Fsp3) is 0.364. The highest BCUT2D eigenvalue weighted by molar-refractivity contribution is 7.99. The van der Waals surface area contributed by atoms with Gasteiger partial charge in [-0.3, -0.25) is 0 Å². The van der Waals surface area contributed by atoms with Crippen LogP contribution in [0.5, 0.6) is 0 Å². The maximum absolute atomic E-state index is 11.5. The number of nitrogens with two attached hydrogens (primary N) is 1. The number of carbonyl (C=O) groups is 1. The number of ether oxygens (including phenoxy) is 1. The number of carbonyl (C=O) groups excluding carboxylic acids is 1. The van der Waals surface area contributed by atoms with E-state index in [9.17, 15) is 9.90 Å². The Morgan fingerprint density at radius 2 is 2.29 bits per heavy atom. The highest BCUT2D eigenvalue weighted by atomic mass is 32.2. The van der Waals surface area contributed by atoms with Gasteiger partial charge in [-0.15, -0.1) is 11.8 Å². The number of anilines is 1. The normalized spacial score (nSPS) is 12.2. The SMILES string of the molecule is COC(=O)c1cc(N)ccc1SCC(O)CO. The summed E-state index contributed by atoms with van der Waals surface area (Å²) in [5, 5.41) is 18.0. The topological polar surface area (TPSA) is 92.8 Å². The van der Waals surface area contributed by atoms with E-state index in [1.807, 2.05) is 0 Å². The zero-order chi connectivity index (χ0) is 12.8. The molecule has 0 radical (unpaired) electrons. The number of hydrogen-bond donors (Lipinski definition) is 3. The summed E-state index contributed by atoms with van der Waals surface area (Å²) in [6.45, 7) is -0.310. The fourth-order valence-electron chi connectivity index (χ4n) is 1.18. The van der Waals surface area contributed by atoms with E-state index in [2.05, 4.69) is 4.74 Å². The van der Waals surface area contributed by atoms with Gasteiger partial charge < -0.3 is 20.7 Å². The Balaban J connectivity index is 2.86. The van der Waals surface area contributed by atoms with Gasteiger partial charge in [0.05, 0.1) is 25.4 Å². The second-order valence-electron chi connectivity index (χ2n) is 3.39. The van der Waals surface area contributed by atoms with Crippen molar-refractivity contribution in [3.8, 4) is 0 Å². The third kappa shape index (κ3) is 3.92. The van der Waals surface area contributed by atoms with Crippen molar-refractivity contribution in [3.05, 3.63) is 23.8 Å². The van der Waals surface area contributed by atoms with Crippen LogP contribution in [0.15, 0.2) is 23.1 Å². The molecule has 17 heavy (non-hydrogen) atoms. The summed E-state index contributed by atoms with van der Waals surface area (Å²) in [5.41, 5.74) is 6.43. The minimum atomic E-state index is -0.817. The molecule has 4 N–H and O–H groups in total. The Labute approximate surface area is 104 Å². The van der Waals surface area contributed by atoms with Crippen molar-refractivity contribution >= 4 is 23.4 Å². The summed E-state index contributed by atoms with van der Waals surface area (Å²) >= 11 is 1.27. The molecule has 0 saturated heterocycles. The maximum atomic E-state index is 11.5. The molecule has 0 spiro atoms. The van der Waals surface area contributed by atoms with E-state index in [4.69, 9.17) is 10.8 Å². The molecule has 5 nitrogen and oxygen atoms in total. The summed E-state index contributed by atoms with van der Waals surface area (Å²) < 4.78 is 4.65. The van der Waals surface area contributed by atoms with Crippen LogP contribution in [0.4, 0.5) is 5.69 Å². The molecule has 0 aliphatic rings. The molecule has 1 atom stereocenters. The van der Waals surface area contributed by atoms with E-state index in [0.29, 0.717) is 21.9 Å². The van der Waals surface area contributed by atoms with Crippen LogP contribution >= 0.6 is 11.8 Å². The predicted molar refractivity (Wildman–Crippen MR) is 66.0 cm³/mol. The van der Waals surface area contributed by atoms with E-state index < -0.39 is 12.1 Å². The van der Waals surface area contributed by atoms with Crippen molar-refractivity contribution in [2.24, 2.45) is 0 Å². The summed E-state index contributed by atoms with van der Waals surface area (Å²) in [7, 11) is 1.29. The summed E-state index contributed by atoms with van der Waals surface area (Å²) in [6, 6.07) is 4.88. The van der Waals surface area contributed by atoms with Crippen molar-refractivity contribution in [1.29, 1.82) is 0 Å². The Morgan fingerprint density at radius 1 is 1.59 bits per heavy atom. The molecule has 1 aromatic rings. The third-order valence-corrected chi connectivity index (χ3v) is 3.27. The molecular weight excluding hydrogens is 242 g/mol. The Hall–Kier alpha value is -1.24. The monoisotopic (exact) mass is 257 g/mol.